The van der Waals surface area contributed by atoms with Crippen LogP contribution in [0.4, 0.5) is 18.0 Å². The number of aromatic nitrogens is 1. The second kappa shape index (κ2) is 8.67. The normalized spacial score (nSPS) is 15.9. The Kier molecular flexibility index (Phi) is 5.94. The highest BCUT2D eigenvalue weighted by molar-refractivity contribution is 7.15. The quantitative estimate of drug-likeness (QED) is 0.535. The van der Waals surface area contributed by atoms with Crippen LogP contribution in [0.2, 0.25) is 0 Å². The predicted molar refractivity (Wildman–Crippen MR) is 110 cm³/mol. The van der Waals surface area contributed by atoms with Crippen LogP contribution in [0.25, 0.3) is 10.6 Å². The van der Waals surface area contributed by atoms with Gasteiger partial charge in [-0.2, -0.15) is 13.2 Å². The largest absolute Gasteiger partial charge is 0.496 e. The van der Waals surface area contributed by atoms with Crippen molar-refractivity contribution >= 4 is 17.4 Å². The summed E-state index contributed by atoms with van der Waals surface area (Å²) in [7, 11) is 1.50. The third kappa shape index (κ3) is 4.63. The van der Waals surface area contributed by atoms with Crippen LogP contribution in [0.5, 0.6) is 11.5 Å². The second-order valence-corrected chi connectivity index (χ2v) is 7.96. The zero-order chi connectivity index (χ0) is 22.9. The molecular weight excluding hydrogens is 447 g/mol. The number of aryl methyl sites for hydroxylation is 1. The highest BCUT2D eigenvalue weighted by Crippen LogP contribution is 2.34. The maximum atomic E-state index is 12.8. The Bertz CT molecular complexity index is 1130. The number of carbonyl (C=O) groups excluding carboxylic acids is 1. The molecule has 2 heterocycles. The molecule has 1 saturated heterocycles. The van der Waals surface area contributed by atoms with Gasteiger partial charge in [-0.25, -0.2) is 9.78 Å². The number of hydrogen-bond acceptors (Lipinski definition) is 7. The van der Waals surface area contributed by atoms with Gasteiger partial charge < -0.3 is 14.3 Å². The van der Waals surface area contributed by atoms with E-state index in [1.165, 1.54) is 30.6 Å². The van der Waals surface area contributed by atoms with Gasteiger partial charge >= 0.3 is 12.3 Å². The van der Waals surface area contributed by atoms with E-state index in [4.69, 9.17) is 9.47 Å². The maximum Gasteiger partial charge on any atom is 0.427 e. The van der Waals surface area contributed by atoms with Crippen molar-refractivity contribution in [2.45, 2.75) is 25.9 Å². The number of amides is 1. The zero-order valence-corrected chi connectivity index (χ0v) is 17.8. The molecule has 1 amide bonds. The van der Waals surface area contributed by atoms with Crippen LogP contribution in [0.3, 0.4) is 0 Å². The molecule has 2 N–H and O–H groups in total. The number of rotatable bonds is 6. The van der Waals surface area contributed by atoms with Crippen LogP contribution in [0.15, 0.2) is 42.5 Å². The summed E-state index contributed by atoms with van der Waals surface area (Å²) in [5.41, 5.74) is 3.88. The van der Waals surface area contributed by atoms with Crippen molar-refractivity contribution in [3.05, 3.63) is 64.2 Å². The number of nitrogens with zero attached hydrogens (tertiary/aromatic N) is 1. The molecule has 1 fully saturated rings. The summed E-state index contributed by atoms with van der Waals surface area (Å²) in [6.45, 7) is 2.05. The van der Waals surface area contributed by atoms with E-state index in [-0.39, 0.29) is 6.61 Å². The van der Waals surface area contributed by atoms with Crippen LogP contribution in [0.1, 0.15) is 27.9 Å². The monoisotopic (exact) mass is 465 g/mol. The van der Waals surface area contributed by atoms with E-state index >= 15 is 0 Å². The van der Waals surface area contributed by atoms with E-state index in [9.17, 15) is 18.0 Å². The molecule has 2 aromatic carbocycles. The van der Waals surface area contributed by atoms with Gasteiger partial charge in [0.2, 0.25) is 0 Å². The molecule has 4 rings (SSSR count). The van der Waals surface area contributed by atoms with Crippen LogP contribution in [-0.2, 0) is 17.6 Å². The molecule has 1 aliphatic heterocycles. The number of hydroxylamine groups is 1. The van der Waals surface area contributed by atoms with Gasteiger partial charge in [0.05, 0.1) is 23.2 Å². The molecule has 32 heavy (non-hydrogen) atoms. The van der Waals surface area contributed by atoms with E-state index < -0.39 is 24.0 Å². The number of methoxy groups -OCH3 is 1. The van der Waals surface area contributed by atoms with E-state index in [1.54, 1.807) is 18.2 Å². The van der Waals surface area contributed by atoms with Gasteiger partial charge in [-0.15, -0.1) is 16.8 Å². The van der Waals surface area contributed by atoms with Gasteiger partial charge in [0.25, 0.3) is 0 Å². The maximum absolute atomic E-state index is 12.8. The Morgan fingerprint density at radius 3 is 2.56 bits per heavy atom. The first-order valence-electron chi connectivity index (χ1n) is 9.42. The Balaban J connectivity index is 1.46. The molecule has 0 bridgehead atoms. The van der Waals surface area contributed by atoms with Gasteiger partial charge in [0, 0.05) is 17.2 Å². The fraction of sp³-hybridized carbons (Fsp3) is 0.238. The van der Waals surface area contributed by atoms with Crippen molar-refractivity contribution in [1.29, 1.82) is 0 Å². The summed E-state index contributed by atoms with van der Waals surface area (Å²) >= 11 is 1.36. The minimum atomic E-state index is -4.38. The first kappa shape index (κ1) is 21.9. The molecule has 1 aliphatic rings. The molecular formula is C21H18F3N3O4S. The summed E-state index contributed by atoms with van der Waals surface area (Å²) in [5, 5.41) is 3.21. The van der Waals surface area contributed by atoms with Gasteiger partial charge in [-0.1, -0.05) is 12.1 Å². The number of ether oxygens (including phenoxy) is 2. The number of halogens is 3. The van der Waals surface area contributed by atoms with Crippen LogP contribution >= 0.6 is 11.3 Å². The summed E-state index contributed by atoms with van der Waals surface area (Å²) < 4.78 is 49.6. The van der Waals surface area contributed by atoms with Crippen molar-refractivity contribution in [2.24, 2.45) is 0 Å². The highest BCUT2D eigenvalue weighted by Gasteiger charge is 2.30. The number of carbonyl (C=O) groups is 1. The predicted octanol–water partition coefficient (Wildman–Crippen LogP) is 4.97. The van der Waals surface area contributed by atoms with Gasteiger partial charge in [-0.05, 0) is 31.2 Å². The lowest BCUT2D eigenvalue weighted by Gasteiger charge is -2.14. The SMILES string of the molecule is COc1cc(OCc2sc(-c3ccc(C(F)(F)F)cc3)nc2C)ccc1C1NOC(=O)N1. The molecule has 1 atom stereocenters. The topological polar surface area (TPSA) is 81.7 Å². The number of nitrogens with one attached hydrogen (secondary N) is 2. The minimum absolute atomic E-state index is 0.230. The average molecular weight is 465 g/mol. The highest BCUT2D eigenvalue weighted by atomic mass is 32.1. The van der Waals surface area contributed by atoms with Gasteiger partial charge in [0.15, 0.2) is 0 Å². The molecule has 0 spiro atoms. The first-order valence-corrected chi connectivity index (χ1v) is 10.2. The summed E-state index contributed by atoms with van der Waals surface area (Å²) in [5.74, 6) is 1.04. The first-order chi connectivity index (χ1) is 15.2. The van der Waals surface area contributed by atoms with Crippen LogP contribution in [-0.4, -0.2) is 18.2 Å². The lowest BCUT2D eigenvalue weighted by molar-refractivity contribution is -0.137. The number of alkyl halides is 3. The summed E-state index contributed by atoms with van der Waals surface area (Å²) in [4.78, 5) is 21.2. The van der Waals surface area contributed by atoms with Crippen molar-refractivity contribution in [3.63, 3.8) is 0 Å². The molecule has 0 aliphatic carbocycles. The minimum Gasteiger partial charge on any atom is -0.496 e. The fourth-order valence-electron chi connectivity index (χ4n) is 3.09. The van der Waals surface area contributed by atoms with E-state index in [2.05, 4.69) is 20.6 Å². The molecule has 0 saturated carbocycles. The van der Waals surface area contributed by atoms with E-state index in [0.29, 0.717) is 27.6 Å². The van der Waals surface area contributed by atoms with Crippen molar-refractivity contribution in [3.8, 4) is 22.1 Å². The number of benzene rings is 2. The number of thiazole rings is 1. The molecule has 0 radical (unpaired) electrons. The third-order valence-corrected chi connectivity index (χ3v) is 5.95. The molecule has 1 aromatic heterocycles. The summed E-state index contributed by atoms with van der Waals surface area (Å²) in [6.07, 6.45) is -5.50. The molecule has 11 heteroatoms. The standard InChI is InChI=1S/C21H18F3N3O4S/c1-11-17(32-19(25-11)12-3-5-13(6-4-12)21(22,23)24)10-30-14-7-8-15(16(9-14)29-2)18-26-20(28)31-27-18/h3-9,18,27H,10H2,1-2H3,(H,26,28). The Morgan fingerprint density at radius 2 is 1.94 bits per heavy atom. The fourth-order valence-corrected chi connectivity index (χ4v) is 4.07. The zero-order valence-electron chi connectivity index (χ0n) is 16.9. The van der Waals surface area contributed by atoms with Crippen molar-refractivity contribution in [2.75, 3.05) is 7.11 Å². The average Bonchev–Trinajstić information content (AvgIpc) is 3.37. The third-order valence-electron chi connectivity index (χ3n) is 4.77. The Labute approximate surface area is 185 Å². The second-order valence-electron chi connectivity index (χ2n) is 6.88. The van der Waals surface area contributed by atoms with Gasteiger partial charge in [0.1, 0.15) is 29.3 Å². The van der Waals surface area contributed by atoms with Crippen LogP contribution < -0.4 is 20.3 Å². The van der Waals surface area contributed by atoms with Crippen molar-refractivity contribution < 1.29 is 32.3 Å². The number of hydrogen-bond donors (Lipinski definition) is 2. The van der Waals surface area contributed by atoms with E-state index in [0.717, 1.165) is 22.7 Å². The smallest absolute Gasteiger partial charge is 0.427 e. The Morgan fingerprint density at radius 1 is 1.19 bits per heavy atom. The lowest BCUT2D eigenvalue weighted by atomic mass is 10.1. The molecule has 7 nitrogen and oxygen atoms in total. The Hall–Kier alpha value is -3.31. The van der Waals surface area contributed by atoms with Gasteiger partial charge in [-0.3, -0.25) is 5.32 Å². The molecule has 168 valence electrons. The van der Waals surface area contributed by atoms with Crippen LogP contribution in [0, 0.1) is 6.92 Å². The van der Waals surface area contributed by atoms with E-state index in [1.807, 2.05) is 6.92 Å². The molecule has 3 aromatic rings. The molecule has 1 unspecified atom stereocenters. The lowest BCUT2D eigenvalue weighted by Crippen LogP contribution is -2.22. The summed E-state index contributed by atoms with van der Waals surface area (Å²) in [6, 6.07) is 10.1. The van der Waals surface area contributed by atoms with Crippen molar-refractivity contribution in [1.82, 2.24) is 15.8 Å².